The summed E-state index contributed by atoms with van der Waals surface area (Å²) in [7, 11) is 0. The van der Waals surface area contributed by atoms with Crippen molar-refractivity contribution in [2.45, 2.75) is 24.1 Å². The molecule has 110 valence electrons. The summed E-state index contributed by atoms with van der Waals surface area (Å²) >= 11 is 13.4. The molecule has 1 unspecified atom stereocenters. The van der Waals surface area contributed by atoms with Crippen LogP contribution in [0, 0.1) is 0 Å². The van der Waals surface area contributed by atoms with Crippen molar-refractivity contribution in [1.82, 2.24) is 0 Å². The first-order valence-corrected chi connectivity index (χ1v) is 8.83. The van der Waals surface area contributed by atoms with Gasteiger partial charge in [-0.3, -0.25) is 0 Å². The van der Waals surface area contributed by atoms with Crippen LogP contribution in [0.5, 0.6) is 5.75 Å². The lowest BCUT2D eigenvalue weighted by Crippen LogP contribution is -2.18. The lowest BCUT2D eigenvalue weighted by molar-refractivity contribution is 0.291. The van der Waals surface area contributed by atoms with E-state index in [1.807, 2.05) is 12.1 Å². The van der Waals surface area contributed by atoms with Gasteiger partial charge in [0.2, 0.25) is 0 Å². The Labute approximate surface area is 146 Å². The van der Waals surface area contributed by atoms with Crippen molar-refractivity contribution in [3.8, 4) is 5.75 Å². The van der Waals surface area contributed by atoms with Gasteiger partial charge >= 0.3 is 0 Å². The van der Waals surface area contributed by atoms with Gasteiger partial charge in [0.15, 0.2) is 0 Å². The quantitative estimate of drug-likeness (QED) is 0.511. The third-order valence-corrected chi connectivity index (χ3v) is 5.52. The van der Waals surface area contributed by atoms with Gasteiger partial charge in [0.25, 0.3) is 0 Å². The highest BCUT2D eigenvalue weighted by Gasteiger charge is 2.32. The second-order valence-electron chi connectivity index (χ2n) is 5.99. The third-order valence-electron chi connectivity index (χ3n) is 3.79. The molecule has 3 rings (SSSR count). The van der Waals surface area contributed by atoms with E-state index in [4.69, 9.17) is 16.3 Å². The van der Waals surface area contributed by atoms with Gasteiger partial charge in [0.05, 0.1) is 11.4 Å². The maximum atomic E-state index is 6.15. The molecule has 1 aliphatic heterocycles. The molecule has 0 saturated carbocycles. The number of rotatable bonds is 2. The number of ether oxygens (including phenoxy) is 1. The molecule has 1 atom stereocenters. The number of alkyl halides is 1. The largest absolute Gasteiger partial charge is 0.492 e. The summed E-state index contributed by atoms with van der Waals surface area (Å²) < 4.78 is 6.73. The number of hydrogen-bond donors (Lipinski definition) is 0. The Morgan fingerprint density at radius 2 is 1.90 bits per heavy atom. The Kier molecular flexibility index (Phi) is 4.10. The number of fused-ring (bicyclic) bond motifs is 1. The van der Waals surface area contributed by atoms with Crippen molar-refractivity contribution in [3.05, 3.63) is 62.6 Å². The molecule has 4 heteroatoms. The third kappa shape index (κ3) is 3.01. The Bertz CT molecular complexity index is 677. The standard InChI is InChI=1S/C17H15Br2ClO/c1-17(2)9-21-15-4-3-10(7-14(15)17)16(19)11-5-12(18)8-13(20)6-11/h3-8,16H,9H2,1-2H3. The summed E-state index contributed by atoms with van der Waals surface area (Å²) in [5.41, 5.74) is 3.67. The minimum absolute atomic E-state index is 0.0625. The predicted molar refractivity (Wildman–Crippen MR) is 94.9 cm³/mol. The second-order valence-corrected chi connectivity index (χ2v) is 8.26. The zero-order valence-electron chi connectivity index (χ0n) is 11.8. The van der Waals surface area contributed by atoms with Gasteiger partial charge in [0, 0.05) is 20.5 Å². The van der Waals surface area contributed by atoms with Crippen molar-refractivity contribution in [2.24, 2.45) is 0 Å². The zero-order chi connectivity index (χ0) is 15.2. The number of halogens is 3. The summed E-state index contributed by atoms with van der Waals surface area (Å²) in [5, 5.41) is 0.730. The minimum Gasteiger partial charge on any atom is -0.492 e. The van der Waals surface area contributed by atoms with Crippen LogP contribution in [-0.4, -0.2) is 6.61 Å². The molecule has 0 N–H and O–H groups in total. The van der Waals surface area contributed by atoms with Gasteiger partial charge < -0.3 is 4.74 Å². The Hall–Kier alpha value is -0.510. The van der Waals surface area contributed by atoms with Gasteiger partial charge in [0.1, 0.15) is 5.75 Å². The van der Waals surface area contributed by atoms with Crippen molar-refractivity contribution in [2.75, 3.05) is 6.61 Å². The van der Waals surface area contributed by atoms with E-state index < -0.39 is 0 Å². The van der Waals surface area contributed by atoms with E-state index in [-0.39, 0.29) is 10.2 Å². The lowest BCUT2D eigenvalue weighted by atomic mass is 9.85. The summed E-state index contributed by atoms with van der Waals surface area (Å²) in [5.74, 6) is 0.996. The van der Waals surface area contributed by atoms with E-state index in [1.54, 1.807) is 0 Å². The summed E-state index contributed by atoms with van der Waals surface area (Å²) in [6.07, 6.45) is 0. The molecule has 0 fully saturated rings. The molecule has 21 heavy (non-hydrogen) atoms. The Morgan fingerprint density at radius 1 is 1.14 bits per heavy atom. The second kappa shape index (κ2) is 5.60. The predicted octanol–water partition coefficient (Wildman–Crippen LogP) is 6.26. The van der Waals surface area contributed by atoms with E-state index in [9.17, 15) is 0 Å². The van der Waals surface area contributed by atoms with Crippen molar-refractivity contribution in [1.29, 1.82) is 0 Å². The number of benzene rings is 2. The SMILES string of the molecule is CC1(C)COc2ccc(C(Br)c3cc(Cl)cc(Br)c3)cc21. The molecule has 2 aromatic rings. The van der Waals surface area contributed by atoms with Crippen molar-refractivity contribution >= 4 is 43.5 Å². The van der Waals surface area contributed by atoms with Gasteiger partial charge in [-0.2, -0.15) is 0 Å². The first-order chi connectivity index (χ1) is 9.87. The maximum Gasteiger partial charge on any atom is 0.123 e. The summed E-state index contributed by atoms with van der Waals surface area (Å²) in [4.78, 5) is 0.106. The van der Waals surface area contributed by atoms with Crippen LogP contribution in [0.4, 0.5) is 0 Å². The molecule has 1 aliphatic rings. The van der Waals surface area contributed by atoms with E-state index in [2.05, 4.69) is 70.0 Å². The molecule has 0 aromatic heterocycles. The molecule has 1 heterocycles. The Morgan fingerprint density at radius 3 is 2.62 bits per heavy atom. The lowest BCUT2D eigenvalue weighted by Gasteiger charge is -2.18. The van der Waals surface area contributed by atoms with Crippen LogP contribution in [0.3, 0.4) is 0 Å². The molecular formula is C17H15Br2ClO. The molecule has 0 aliphatic carbocycles. The van der Waals surface area contributed by atoms with E-state index in [0.717, 1.165) is 27.4 Å². The summed E-state index contributed by atoms with van der Waals surface area (Å²) in [6, 6.07) is 12.4. The smallest absolute Gasteiger partial charge is 0.123 e. The van der Waals surface area contributed by atoms with Crippen LogP contribution < -0.4 is 4.74 Å². The average molecular weight is 431 g/mol. The normalized spacial score (nSPS) is 17.2. The van der Waals surface area contributed by atoms with Crippen LogP contribution >= 0.6 is 43.5 Å². The highest BCUT2D eigenvalue weighted by Crippen LogP contribution is 2.42. The highest BCUT2D eigenvalue weighted by molar-refractivity contribution is 9.10. The molecule has 0 spiro atoms. The fourth-order valence-electron chi connectivity index (χ4n) is 2.61. The summed E-state index contributed by atoms with van der Waals surface area (Å²) in [6.45, 7) is 5.16. The molecule has 1 nitrogen and oxygen atoms in total. The number of hydrogen-bond acceptors (Lipinski definition) is 1. The fourth-order valence-corrected chi connectivity index (χ4v) is 4.05. The minimum atomic E-state index is 0.0625. The van der Waals surface area contributed by atoms with E-state index >= 15 is 0 Å². The van der Waals surface area contributed by atoms with Gasteiger partial charge in [-0.25, -0.2) is 0 Å². The first-order valence-electron chi connectivity index (χ1n) is 6.74. The van der Waals surface area contributed by atoms with Crippen LogP contribution in [0.25, 0.3) is 0 Å². The molecule has 2 aromatic carbocycles. The monoisotopic (exact) mass is 428 g/mol. The molecule has 0 radical (unpaired) electrons. The topological polar surface area (TPSA) is 9.23 Å². The highest BCUT2D eigenvalue weighted by atomic mass is 79.9. The first kappa shape index (κ1) is 15.4. The molecular weight excluding hydrogens is 415 g/mol. The van der Waals surface area contributed by atoms with E-state index in [1.165, 1.54) is 11.1 Å². The van der Waals surface area contributed by atoms with E-state index in [0.29, 0.717) is 0 Å². The molecule has 0 bridgehead atoms. The van der Waals surface area contributed by atoms with Crippen molar-refractivity contribution < 1.29 is 4.74 Å². The van der Waals surface area contributed by atoms with Crippen LogP contribution in [0.2, 0.25) is 5.02 Å². The van der Waals surface area contributed by atoms with Crippen LogP contribution in [-0.2, 0) is 5.41 Å². The average Bonchev–Trinajstić information content (AvgIpc) is 2.72. The van der Waals surface area contributed by atoms with Gasteiger partial charge in [-0.05, 0) is 41.5 Å². The Balaban J connectivity index is 2.01. The molecule has 0 amide bonds. The van der Waals surface area contributed by atoms with Gasteiger partial charge in [-0.1, -0.05) is 63.4 Å². The maximum absolute atomic E-state index is 6.15. The van der Waals surface area contributed by atoms with Crippen LogP contribution in [0.1, 0.15) is 35.4 Å². The molecule has 0 saturated heterocycles. The zero-order valence-corrected chi connectivity index (χ0v) is 15.7. The fraction of sp³-hybridized carbons (Fsp3) is 0.294. The van der Waals surface area contributed by atoms with Crippen LogP contribution in [0.15, 0.2) is 40.9 Å². The van der Waals surface area contributed by atoms with Crippen molar-refractivity contribution in [3.63, 3.8) is 0 Å². The van der Waals surface area contributed by atoms with Gasteiger partial charge in [-0.15, -0.1) is 0 Å².